The summed E-state index contributed by atoms with van der Waals surface area (Å²) in [5.74, 6) is 0. The number of benzene rings is 2. The van der Waals surface area contributed by atoms with Crippen LogP contribution in [0, 0.1) is 6.92 Å². The average Bonchev–Trinajstić information content (AvgIpc) is 2.73. The molecule has 140 valence electrons. The Bertz CT molecular complexity index is 1220. The minimum atomic E-state index is -0.336. The minimum Gasteiger partial charge on any atom is -0.287 e. The molecule has 0 unspecified atom stereocenters. The van der Waals surface area contributed by atoms with Crippen LogP contribution in [0.5, 0.6) is 0 Å². The van der Waals surface area contributed by atoms with Crippen molar-refractivity contribution in [2.24, 2.45) is 0 Å². The van der Waals surface area contributed by atoms with Crippen LogP contribution in [0.25, 0.3) is 11.0 Å². The molecule has 5 nitrogen and oxygen atoms in total. The predicted molar refractivity (Wildman–Crippen MR) is 111 cm³/mol. The number of nitrogens with zero attached hydrogens (tertiary/aromatic N) is 3. The molecule has 0 radical (unpaired) electrons. The highest BCUT2D eigenvalue weighted by molar-refractivity contribution is 5.73. The summed E-state index contributed by atoms with van der Waals surface area (Å²) in [4.78, 5) is 30.4. The molecule has 0 saturated carbocycles. The lowest BCUT2D eigenvalue weighted by Gasteiger charge is -2.14. The maximum atomic E-state index is 13.2. The van der Waals surface area contributed by atoms with Crippen molar-refractivity contribution in [3.63, 3.8) is 0 Å². The quantitative estimate of drug-likeness (QED) is 0.541. The lowest BCUT2D eigenvalue weighted by molar-refractivity contribution is 0.588. The van der Waals surface area contributed by atoms with Gasteiger partial charge in [0.15, 0.2) is 5.52 Å². The second kappa shape index (κ2) is 7.64. The van der Waals surface area contributed by atoms with E-state index in [0.717, 1.165) is 16.7 Å². The highest BCUT2D eigenvalue weighted by Crippen LogP contribution is 2.10. The van der Waals surface area contributed by atoms with E-state index >= 15 is 0 Å². The summed E-state index contributed by atoms with van der Waals surface area (Å²) in [5.41, 5.74) is 3.50. The van der Waals surface area contributed by atoms with Crippen molar-refractivity contribution in [1.82, 2.24) is 14.1 Å². The summed E-state index contributed by atoms with van der Waals surface area (Å²) in [6.45, 7) is 2.74. The molecule has 0 atom stereocenters. The van der Waals surface area contributed by atoms with E-state index in [0.29, 0.717) is 30.5 Å². The second-order valence-corrected chi connectivity index (χ2v) is 6.92. The van der Waals surface area contributed by atoms with Crippen molar-refractivity contribution >= 4 is 11.0 Å². The first kappa shape index (κ1) is 17.9. The third-order valence-electron chi connectivity index (χ3n) is 4.91. The van der Waals surface area contributed by atoms with Gasteiger partial charge in [0.2, 0.25) is 0 Å². The zero-order valence-corrected chi connectivity index (χ0v) is 15.7. The normalized spacial score (nSPS) is 11.0. The van der Waals surface area contributed by atoms with E-state index in [1.807, 2.05) is 61.5 Å². The van der Waals surface area contributed by atoms with Gasteiger partial charge < -0.3 is 0 Å². The van der Waals surface area contributed by atoms with Crippen molar-refractivity contribution in [2.45, 2.75) is 26.4 Å². The van der Waals surface area contributed by atoms with Crippen LogP contribution in [-0.2, 0) is 19.5 Å². The highest BCUT2D eigenvalue weighted by atomic mass is 16.2. The Morgan fingerprint density at radius 3 is 2.32 bits per heavy atom. The minimum absolute atomic E-state index is 0.304. The van der Waals surface area contributed by atoms with Crippen molar-refractivity contribution in [1.29, 1.82) is 0 Å². The van der Waals surface area contributed by atoms with Crippen molar-refractivity contribution < 1.29 is 0 Å². The van der Waals surface area contributed by atoms with Gasteiger partial charge in [0.05, 0.1) is 12.1 Å². The lowest BCUT2D eigenvalue weighted by Crippen LogP contribution is -2.41. The molecule has 28 heavy (non-hydrogen) atoms. The average molecular weight is 371 g/mol. The largest absolute Gasteiger partial charge is 0.331 e. The van der Waals surface area contributed by atoms with Crippen LogP contribution in [0.15, 0.2) is 82.5 Å². The molecular formula is C23H21N3O2. The molecule has 0 saturated heterocycles. The van der Waals surface area contributed by atoms with Crippen molar-refractivity contribution in [2.75, 3.05) is 0 Å². The number of rotatable bonds is 5. The molecular weight excluding hydrogens is 350 g/mol. The fraction of sp³-hybridized carbons (Fsp3) is 0.174. The summed E-state index contributed by atoms with van der Waals surface area (Å²) >= 11 is 0. The van der Waals surface area contributed by atoms with Gasteiger partial charge in [-0.1, -0.05) is 60.2 Å². The van der Waals surface area contributed by atoms with Crippen LogP contribution < -0.4 is 11.2 Å². The lowest BCUT2D eigenvalue weighted by atomic mass is 10.1. The Balaban J connectivity index is 1.80. The van der Waals surface area contributed by atoms with E-state index in [1.54, 1.807) is 22.9 Å². The molecule has 0 bridgehead atoms. The monoisotopic (exact) mass is 371 g/mol. The smallest absolute Gasteiger partial charge is 0.287 e. The summed E-state index contributed by atoms with van der Waals surface area (Å²) in [5, 5.41) is 0. The first-order valence-corrected chi connectivity index (χ1v) is 9.31. The van der Waals surface area contributed by atoms with E-state index < -0.39 is 0 Å². The number of pyridine rings is 1. The Morgan fingerprint density at radius 1 is 0.821 bits per heavy atom. The van der Waals surface area contributed by atoms with Gasteiger partial charge in [-0.15, -0.1) is 0 Å². The zero-order valence-electron chi connectivity index (χ0n) is 15.7. The summed E-state index contributed by atoms with van der Waals surface area (Å²) in [7, 11) is 0. The Labute approximate surface area is 162 Å². The fourth-order valence-corrected chi connectivity index (χ4v) is 3.35. The molecule has 0 fully saturated rings. The Hall–Kier alpha value is -3.47. The van der Waals surface area contributed by atoms with Crippen LogP contribution in [0.4, 0.5) is 0 Å². The maximum absolute atomic E-state index is 13.2. The SMILES string of the molecule is Cc1ccc(Cn2c(=O)n(CCc3ccccc3)c(=O)c3ncccc32)cc1. The molecule has 0 N–H and O–H groups in total. The van der Waals surface area contributed by atoms with Gasteiger partial charge in [0.25, 0.3) is 5.56 Å². The molecule has 4 rings (SSSR count). The number of aryl methyl sites for hydroxylation is 2. The third kappa shape index (κ3) is 3.51. The van der Waals surface area contributed by atoms with Gasteiger partial charge in [0.1, 0.15) is 0 Å². The predicted octanol–water partition coefficient (Wildman–Crippen LogP) is 3.16. The standard InChI is InChI=1S/C23H21N3O2/c1-17-9-11-19(12-10-17)16-26-20-8-5-14-24-21(20)22(27)25(23(26)28)15-13-18-6-3-2-4-7-18/h2-12,14H,13,15-16H2,1H3. The fourth-order valence-electron chi connectivity index (χ4n) is 3.35. The van der Waals surface area contributed by atoms with E-state index in [-0.39, 0.29) is 11.2 Å². The van der Waals surface area contributed by atoms with Crippen molar-refractivity contribution in [3.8, 4) is 0 Å². The van der Waals surface area contributed by atoms with Gasteiger partial charge in [-0.25, -0.2) is 9.78 Å². The number of aromatic nitrogens is 3. The number of fused-ring (bicyclic) bond motifs is 1. The van der Waals surface area contributed by atoms with Gasteiger partial charge in [0, 0.05) is 12.7 Å². The Morgan fingerprint density at radius 2 is 1.57 bits per heavy atom. The van der Waals surface area contributed by atoms with Gasteiger partial charge >= 0.3 is 5.69 Å². The molecule has 4 aromatic rings. The molecule has 2 heterocycles. The molecule has 2 aromatic carbocycles. The second-order valence-electron chi connectivity index (χ2n) is 6.92. The number of hydrogen-bond donors (Lipinski definition) is 0. The molecule has 2 aromatic heterocycles. The van der Waals surface area contributed by atoms with Crippen LogP contribution in [0.3, 0.4) is 0 Å². The van der Waals surface area contributed by atoms with Crippen LogP contribution >= 0.6 is 0 Å². The molecule has 5 heteroatoms. The molecule has 0 amide bonds. The van der Waals surface area contributed by atoms with Crippen LogP contribution in [0.2, 0.25) is 0 Å². The zero-order chi connectivity index (χ0) is 19.5. The van der Waals surface area contributed by atoms with E-state index in [2.05, 4.69) is 4.98 Å². The maximum Gasteiger partial charge on any atom is 0.331 e. The molecule has 0 aliphatic heterocycles. The summed E-state index contributed by atoms with van der Waals surface area (Å²) in [6, 6.07) is 21.4. The van der Waals surface area contributed by atoms with E-state index in [4.69, 9.17) is 0 Å². The van der Waals surface area contributed by atoms with E-state index in [1.165, 1.54) is 4.57 Å². The summed E-state index contributed by atoms with van der Waals surface area (Å²) in [6.07, 6.45) is 2.20. The molecule has 0 aliphatic carbocycles. The van der Waals surface area contributed by atoms with Crippen LogP contribution in [-0.4, -0.2) is 14.1 Å². The third-order valence-corrected chi connectivity index (χ3v) is 4.91. The number of hydrogen-bond acceptors (Lipinski definition) is 3. The Kier molecular flexibility index (Phi) is 4.89. The molecule has 0 spiro atoms. The highest BCUT2D eigenvalue weighted by Gasteiger charge is 2.14. The van der Waals surface area contributed by atoms with Gasteiger partial charge in [-0.3, -0.25) is 13.9 Å². The van der Waals surface area contributed by atoms with Crippen LogP contribution in [0.1, 0.15) is 16.7 Å². The summed E-state index contributed by atoms with van der Waals surface area (Å²) < 4.78 is 2.94. The van der Waals surface area contributed by atoms with Gasteiger partial charge in [-0.05, 0) is 36.6 Å². The molecule has 0 aliphatic rings. The van der Waals surface area contributed by atoms with E-state index in [9.17, 15) is 9.59 Å². The first-order chi connectivity index (χ1) is 13.6. The van der Waals surface area contributed by atoms with Gasteiger partial charge in [-0.2, -0.15) is 0 Å². The van der Waals surface area contributed by atoms with Crippen molar-refractivity contribution in [3.05, 3.63) is 110 Å². The topological polar surface area (TPSA) is 56.9 Å². The first-order valence-electron chi connectivity index (χ1n) is 9.31.